The first-order chi connectivity index (χ1) is 13.0. The Kier molecular flexibility index (Phi) is 5.45. The molecule has 0 amide bonds. The van der Waals surface area contributed by atoms with Gasteiger partial charge in [-0.3, -0.25) is 4.99 Å². The summed E-state index contributed by atoms with van der Waals surface area (Å²) in [6.45, 7) is 2.18. The summed E-state index contributed by atoms with van der Waals surface area (Å²) in [6, 6.07) is 12.5. The van der Waals surface area contributed by atoms with Crippen LogP contribution in [-0.2, 0) is 11.2 Å². The Hall–Kier alpha value is -3.28. The van der Waals surface area contributed by atoms with Gasteiger partial charge in [0.1, 0.15) is 11.3 Å². The van der Waals surface area contributed by atoms with Crippen molar-refractivity contribution in [3.05, 3.63) is 53.4 Å². The minimum absolute atomic E-state index is 0.0356. The van der Waals surface area contributed by atoms with E-state index < -0.39 is 5.97 Å². The molecule has 0 aliphatic heterocycles. The van der Waals surface area contributed by atoms with Gasteiger partial charge < -0.3 is 24.2 Å². The highest BCUT2D eigenvalue weighted by molar-refractivity contribution is 5.79. The second-order valence-corrected chi connectivity index (χ2v) is 6.07. The maximum absolute atomic E-state index is 10.7. The van der Waals surface area contributed by atoms with Gasteiger partial charge in [-0.2, -0.15) is 0 Å². The van der Waals surface area contributed by atoms with Gasteiger partial charge in [-0.25, -0.2) is 0 Å². The third kappa shape index (κ3) is 4.11. The van der Waals surface area contributed by atoms with Crippen LogP contribution in [-0.4, -0.2) is 24.7 Å². The topological polar surface area (TPSA) is 95.1 Å². The van der Waals surface area contributed by atoms with Gasteiger partial charge in [0.2, 0.25) is 0 Å². The number of carboxylic acids is 1. The van der Waals surface area contributed by atoms with E-state index in [1.807, 2.05) is 18.2 Å². The van der Waals surface area contributed by atoms with Gasteiger partial charge in [0.25, 0.3) is 0 Å². The van der Waals surface area contributed by atoms with Crippen molar-refractivity contribution in [2.24, 2.45) is 4.99 Å². The fourth-order valence-electron chi connectivity index (χ4n) is 2.81. The molecular weight excluding hydrogens is 346 g/mol. The van der Waals surface area contributed by atoms with Crippen LogP contribution in [0.5, 0.6) is 11.5 Å². The predicted octanol–water partition coefficient (Wildman–Crippen LogP) is 2.42. The average molecular weight is 366 g/mol. The number of fused-ring (bicyclic) bond motifs is 1. The Balaban J connectivity index is 2.18. The first kappa shape index (κ1) is 18.5. The van der Waals surface area contributed by atoms with Crippen molar-refractivity contribution >= 4 is 16.9 Å². The molecule has 6 heteroatoms. The number of carbonyl (C=O) groups is 1. The lowest BCUT2D eigenvalue weighted by molar-refractivity contribution is -0.305. The highest BCUT2D eigenvalue weighted by Gasteiger charge is 2.10. The van der Waals surface area contributed by atoms with Crippen LogP contribution < -0.4 is 15.2 Å². The number of aryl methyl sites for hydroxylation is 1. The summed E-state index contributed by atoms with van der Waals surface area (Å²) in [5.41, 5.74) is 2.49. The van der Waals surface area contributed by atoms with Crippen molar-refractivity contribution in [3.63, 3.8) is 0 Å². The Morgan fingerprint density at radius 3 is 2.74 bits per heavy atom. The number of methoxy groups -OCH3 is 1. The standard InChI is InChI=1S/C21H21NO5/c1-3-13-4-7-18-15(10-13)16(22-9-8-21(24)25)12-19(27-18)14-5-6-17(23)20(11-14)26-2/h4-7,10-12,23H,3,8-9H2,1-2H3,(H,24,25)/p-1. The number of carbonyl (C=O) groups excluding carboxylic acids is 1. The van der Waals surface area contributed by atoms with Gasteiger partial charge in [0.05, 0.1) is 12.5 Å². The van der Waals surface area contributed by atoms with Crippen molar-refractivity contribution in [1.29, 1.82) is 0 Å². The molecule has 0 spiro atoms. The molecule has 3 aromatic rings. The number of aromatic hydroxyl groups is 1. The van der Waals surface area contributed by atoms with Crippen molar-refractivity contribution in [3.8, 4) is 22.8 Å². The molecule has 0 fully saturated rings. The van der Waals surface area contributed by atoms with Gasteiger partial charge in [-0.1, -0.05) is 13.0 Å². The largest absolute Gasteiger partial charge is 0.550 e. The summed E-state index contributed by atoms with van der Waals surface area (Å²) in [4.78, 5) is 15.2. The molecule has 0 unspecified atom stereocenters. The third-order valence-corrected chi connectivity index (χ3v) is 4.28. The van der Waals surface area contributed by atoms with Gasteiger partial charge in [0, 0.05) is 36.0 Å². The molecule has 0 aliphatic carbocycles. The van der Waals surface area contributed by atoms with Crippen molar-refractivity contribution < 1.29 is 24.2 Å². The zero-order valence-electron chi connectivity index (χ0n) is 15.2. The van der Waals surface area contributed by atoms with Crippen LogP contribution in [0.2, 0.25) is 0 Å². The van der Waals surface area contributed by atoms with Crippen LogP contribution in [0, 0.1) is 0 Å². The molecular formula is C21H20NO5-. The second kappa shape index (κ2) is 7.95. The van der Waals surface area contributed by atoms with E-state index in [2.05, 4.69) is 11.9 Å². The van der Waals surface area contributed by atoms with Gasteiger partial charge in [-0.15, -0.1) is 0 Å². The molecule has 0 aliphatic rings. The summed E-state index contributed by atoms with van der Waals surface area (Å²) in [5, 5.41) is 22.0. The summed E-state index contributed by atoms with van der Waals surface area (Å²) in [6.07, 6.45) is 0.717. The summed E-state index contributed by atoms with van der Waals surface area (Å²) >= 11 is 0. The second-order valence-electron chi connectivity index (χ2n) is 6.07. The van der Waals surface area contributed by atoms with Crippen LogP contribution in [0.4, 0.5) is 0 Å². The minimum atomic E-state index is -1.14. The quantitative estimate of drug-likeness (QED) is 0.723. The lowest BCUT2D eigenvalue weighted by Gasteiger charge is -2.09. The molecule has 0 radical (unpaired) electrons. The molecule has 0 bridgehead atoms. The Bertz CT molecular complexity index is 1050. The number of hydrogen-bond donors (Lipinski definition) is 1. The molecule has 140 valence electrons. The fraction of sp³-hybridized carbons (Fsp3) is 0.238. The SMILES string of the molecule is CCc1ccc2oc(-c3ccc(O)c(OC)c3)cc(=NCCC(=O)[O-])c2c1. The zero-order chi connectivity index (χ0) is 19.4. The highest BCUT2D eigenvalue weighted by atomic mass is 16.5. The number of phenolic OH excluding ortho intramolecular Hbond substituents is 1. The Labute approximate surface area is 156 Å². The van der Waals surface area contributed by atoms with Crippen LogP contribution >= 0.6 is 0 Å². The number of aliphatic carboxylic acids is 1. The lowest BCUT2D eigenvalue weighted by atomic mass is 10.1. The van der Waals surface area contributed by atoms with E-state index in [0.29, 0.717) is 28.0 Å². The molecule has 0 saturated carbocycles. The van der Waals surface area contributed by atoms with E-state index in [-0.39, 0.29) is 18.7 Å². The van der Waals surface area contributed by atoms with Gasteiger partial charge >= 0.3 is 0 Å². The van der Waals surface area contributed by atoms with Gasteiger partial charge in [0.15, 0.2) is 11.5 Å². The van der Waals surface area contributed by atoms with Crippen LogP contribution in [0.3, 0.4) is 0 Å². The molecule has 1 heterocycles. The van der Waals surface area contributed by atoms with Gasteiger partial charge in [-0.05, 0) is 42.3 Å². The highest BCUT2D eigenvalue weighted by Crippen LogP contribution is 2.32. The van der Waals surface area contributed by atoms with Crippen LogP contribution in [0.15, 0.2) is 51.9 Å². The predicted molar refractivity (Wildman–Crippen MR) is 99.3 cm³/mol. The maximum Gasteiger partial charge on any atom is 0.161 e. The lowest BCUT2D eigenvalue weighted by Crippen LogP contribution is -2.23. The Morgan fingerprint density at radius 2 is 2.04 bits per heavy atom. The third-order valence-electron chi connectivity index (χ3n) is 4.28. The van der Waals surface area contributed by atoms with E-state index in [4.69, 9.17) is 9.15 Å². The van der Waals surface area contributed by atoms with E-state index in [0.717, 1.165) is 17.4 Å². The molecule has 6 nitrogen and oxygen atoms in total. The number of carboxylic acid groups (broad SMARTS) is 1. The normalized spacial score (nSPS) is 11.7. The average Bonchev–Trinajstić information content (AvgIpc) is 2.67. The van der Waals surface area contributed by atoms with E-state index in [1.165, 1.54) is 13.2 Å². The van der Waals surface area contributed by atoms with Crippen molar-refractivity contribution in [1.82, 2.24) is 0 Å². The fourth-order valence-corrected chi connectivity index (χ4v) is 2.81. The molecule has 1 N–H and O–H groups in total. The molecule has 27 heavy (non-hydrogen) atoms. The number of nitrogens with zero attached hydrogens (tertiary/aromatic N) is 1. The molecule has 1 aromatic heterocycles. The molecule has 0 atom stereocenters. The first-order valence-corrected chi connectivity index (χ1v) is 8.66. The van der Waals surface area contributed by atoms with E-state index in [1.54, 1.807) is 18.2 Å². The number of benzene rings is 2. The summed E-state index contributed by atoms with van der Waals surface area (Å²) in [5.74, 6) is -0.230. The molecule has 2 aromatic carbocycles. The van der Waals surface area contributed by atoms with Crippen molar-refractivity contribution in [2.75, 3.05) is 13.7 Å². The Morgan fingerprint density at radius 1 is 1.22 bits per heavy atom. The maximum atomic E-state index is 10.7. The minimum Gasteiger partial charge on any atom is -0.550 e. The smallest absolute Gasteiger partial charge is 0.161 e. The monoisotopic (exact) mass is 366 g/mol. The van der Waals surface area contributed by atoms with Crippen LogP contribution in [0.25, 0.3) is 22.3 Å². The summed E-state index contributed by atoms with van der Waals surface area (Å²) < 4.78 is 11.2. The molecule has 3 rings (SSSR count). The van der Waals surface area contributed by atoms with E-state index in [9.17, 15) is 15.0 Å². The van der Waals surface area contributed by atoms with Crippen LogP contribution in [0.1, 0.15) is 18.9 Å². The molecule has 0 saturated heterocycles. The number of ether oxygens (including phenoxy) is 1. The number of hydrogen-bond acceptors (Lipinski definition) is 6. The summed E-state index contributed by atoms with van der Waals surface area (Å²) in [7, 11) is 1.48. The van der Waals surface area contributed by atoms with Crippen molar-refractivity contribution in [2.45, 2.75) is 19.8 Å². The van der Waals surface area contributed by atoms with E-state index >= 15 is 0 Å². The first-order valence-electron chi connectivity index (χ1n) is 8.66. The number of rotatable bonds is 6. The zero-order valence-corrected chi connectivity index (χ0v) is 15.2. The number of phenols is 1.